The van der Waals surface area contributed by atoms with Gasteiger partial charge in [0.1, 0.15) is 16.3 Å². The van der Waals surface area contributed by atoms with E-state index in [0.717, 1.165) is 11.3 Å². The Labute approximate surface area is 163 Å². The standard InChI is InChI=1S/C11H9F3NO5PS2.Na.H/c12-7-4-8(13)11(9(14)5-7)20-21(16,17)6-15-23(18,19)10-2-1-3-22-10;;/h1-5,15H,6H2,(H,16,17);;/q;+1;-1. The van der Waals surface area contributed by atoms with Crippen LogP contribution in [0.5, 0.6) is 5.75 Å². The molecule has 1 unspecified atom stereocenters. The summed E-state index contributed by atoms with van der Waals surface area (Å²) in [7, 11) is -8.83. The first-order chi connectivity index (χ1) is 10.6. The van der Waals surface area contributed by atoms with Crippen molar-refractivity contribution in [2.45, 2.75) is 4.21 Å². The summed E-state index contributed by atoms with van der Waals surface area (Å²) >= 11 is 0.867. The summed E-state index contributed by atoms with van der Waals surface area (Å²) in [6, 6.07) is 3.23. The Hall–Kier alpha value is -0.390. The quantitative estimate of drug-likeness (QED) is 0.507. The number of rotatable bonds is 6. The molecule has 0 fully saturated rings. The van der Waals surface area contributed by atoms with Gasteiger partial charge in [-0.05, 0) is 11.4 Å². The molecule has 128 valence electrons. The molecule has 0 saturated heterocycles. The predicted molar refractivity (Wildman–Crippen MR) is 77.4 cm³/mol. The molecule has 1 atom stereocenters. The number of halogens is 3. The molecule has 0 aliphatic heterocycles. The fraction of sp³-hybridized carbons (Fsp3) is 0.0909. The molecule has 0 saturated carbocycles. The monoisotopic (exact) mass is 411 g/mol. The van der Waals surface area contributed by atoms with Crippen LogP contribution in [0, 0.1) is 17.5 Å². The van der Waals surface area contributed by atoms with Gasteiger partial charge in [0.2, 0.25) is 5.75 Å². The van der Waals surface area contributed by atoms with Crippen molar-refractivity contribution >= 4 is 29.0 Å². The average molecular weight is 411 g/mol. The van der Waals surface area contributed by atoms with E-state index in [1.165, 1.54) is 17.5 Å². The fourth-order valence-electron chi connectivity index (χ4n) is 1.45. The Kier molecular flexibility index (Phi) is 7.51. The number of benzene rings is 1. The van der Waals surface area contributed by atoms with Crippen LogP contribution in [0.15, 0.2) is 33.9 Å². The molecule has 0 aliphatic carbocycles. The molecular weight excluding hydrogens is 401 g/mol. The van der Waals surface area contributed by atoms with Crippen LogP contribution in [-0.2, 0) is 14.6 Å². The smallest absolute Gasteiger partial charge is 1.00 e. The summed E-state index contributed by atoms with van der Waals surface area (Å²) in [6.07, 6.45) is -1.12. The zero-order valence-electron chi connectivity index (χ0n) is 13.1. The Morgan fingerprint density at radius 2 is 1.88 bits per heavy atom. The SMILES string of the molecule is O=P(O)(CNS(=O)(=O)c1cccs1)Oc1c(F)cc(F)cc1F.[H-].[Na+]. The van der Waals surface area contributed by atoms with E-state index in [0.29, 0.717) is 0 Å². The molecule has 1 heterocycles. The molecule has 0 radical (unpaired) electrons. The van der Waals surface area contributed by atoms with Gasteiger partial charge in [0.25, 0.3) is 10.0 Å². The van der Waals surface area contributed by atoms with Crippen molar-refractivity contribution in [2.75, 3.05) is 6.29 Å². The van der Waals surface area contributed by atoms with Gasteiger partial charge in [-0.2, -0.15) is 4.72 Å². The van der Waals surface area contributed by atoms with Crippen molar-refractivity contribution in [3.05, 3.63) is 47.1 Å². The maximum atomic E-state index is 13.4. The molecule has 1 aromatic carbocycles. The van der Waals surface area contributed by atoms with Crippen LogP contribution in [-0.4, -0.2) is 19.6 Å². The van der Waals surface area contributed by atoms with Crippen molar-refractivity contribution in [3.63, 3.8) is 0 Å². The average Bonchev–Trinajstić information content (AvgIpc) is 2.96. The number of hydrogen-bond acceptors (Lipinski definition) is 5. The molecule has 2 aromatic rings. The maximum absolute atomic E-state index is 13.4. The first kappa shape index (κ1) is 21.7. The minimum Gasteiger partial charge on any atom is -1.00 e. The number of sulfonamides is 1. The van der Waals surface area contributed by atoms with Gasteiger partial charge in [-0.25, -0.2) is 26.2 Å². The first-order valence-corrected chi connectivity index (χ1v) is 9.92. The Balaban J connectivity index is 0.00000288. The van der Waals surface area contributed by atoms with Crippen LogP contribution in [0.3, 0.4) is 0 Å². The Morgan fingerprint density at radius 1 is 1.29 bits per heavy atom. The third-order valence-electron chi connectivity index (χ3n) is 2.41. The van der Waals surface area contributed by atoms with E-state index in [-0.39, 0.29) is 47.3 Å². The molecule has 13 heteroatoms. The van der Waals surface area contributed by atoms with E-state index in [2.05, 4.69) is 4.52 Å². The number of thiophene rings is 1. The predicted octanol–water partition coefficient (Wildman–Crippen LogP) is -0.218. The zero-order valence-corrected chi connectivity index (χ0v) is 16.6. The largest absolute Gasteiger partial charge is 1.00 e. The molecule has 0 spiro atoms. The Bertz CT molecular complexity index is 846. The zero-order chi connectivity index (χ0) is 17.3. The van der Waals surface area contributed by atoms with Gasteiger partial charge in [0.05, 0.1) is 0 Å². The molecule has 0 aliphatic rings. The molecular formula is C11H10F3NNaO5PS2. The van der Waals surface area contributed by atoms with Gasteiger partial charge in [-0.1, -0.05) is 6.07 Å². The van der Waals surface area contributed by atoms with Gasteiger partial charge in [-0.15, -0.1) is 11.3 Å². The summed E-state index contributed by atoms with van der Waals surface area (Å²) < 4.78 is 80.8. The summed E-state index contributed by atoms with van der Waals surface area (Å²) in [5.41, 5.74) is 0. The van der Waals surface area contributed by atoms with E-state index in [1.54, 1.807) is 4.72 Å². The van der Waals surface area contributed by atoms with Crippen LogP contribution >= 0.6 is 18.9 Å². The van der Waals surface area contributed by atoms with Gasteiger partial charge >= 0.3 is 37.2 Å². The molecule has 0 bridgehead atoms. The van der Waals surface area contributed by atoms with E-state index >= 15 is 0 Å². The minimum atomic E-state index is -4.77. The molecule has 2 rings (SSSR count). The topological polar surface area (TPSA) is 92.7 Å². The van der Waals surface area contributed by atoms with Gasteiger partial charge in [-0.3, -0.25) is 0 Å². The Morgan fingerprint density at radius 3 is 2.38 bits per heavy atom. The molecule has 0 amide bonds. The summed E-state index contributed by atoms with van der Waals surface area (Å²) in [4.78, 5) is 9.53. The summed E-state index contributed by atoms with van der Waals surface area (Å²) in [5, 5.41) is 1.48. The van der Waals surface area contributed by atoms with Gasteiger partial charge in [0.15, 0.2) is 11.6 Å². The minimum absolute atomic E-state index is 0. The first-order valence-electron chi connectivity index (χ1n) is 5.80. The van der Waals surface area contributed by atoms with Crippen molar-refractivity contribution in [3.8, 4) is 5.75 Å². The second-order valence-corrected chi connectivity index (χ2v) is 8.88. The van der Waals surface area contributed by atoms with Crippen LogP contribution < -0.4 is 38.8 Å². The number of nitrogens with one attached hydrogen (secondary N) is 1. The van der Waals surface area contributed by atoms with Crippen LogP contribution in [0.25, 0.3) is 0 Å². The molecule has 6 nitrogen and oxygen atoms in total. The normalized spacial score (nSPS) is 13.8. The fourth-order valence-corrected chi connectivity index (χ4v) is 5.00. The third-order valence-corrected chi connectivity index (χ3v) is 6.45. The van der Waals surface area contributed by atoms with Crippen molar-refractivity contribution in [1.29, 1.82) is 0 Å². The van der Waals surface area contributed by atoms with Crippen molar-refractivity contribution in [2.24, 2.45) is 0 Å². The van der Waals surface area contributed by atoms with Gasteiger partial charge < -0.3 is 10.8 Å². The van der Waals surface area contributed by atoms with E-state index < -0.39 is 47.1 Å². The van der Waals surface area contributed by atoms with Gasteiger partial charge in [0, 0.05) is 12.1 Å². The summed E-state index contributed by atoms with van der Waals surface area (Å²) in [5.74, 6) is -5.57. The summed E-state index contributed by atoms with van der Waals surface area (Å²) in [6.45, 7) is 0. The van der Waals surface area contributed by atoms with Crippen LogP contribution in [0.1, 0.15) is 1.43 Å². The van der Waals surface area contributed by atoms with Crippen molar-refractivity contribution in [1.82, 2.24) is 4.72 Å². The van der Waals surface area contributed by atoms with Crippen molar-refractivity contribution < 1.29 is 66.6 Å². The molecule has 2 N–H and O–H groups in total. The maximum Gasteiger partial charge on any atom is 1.00 e. The van der Waals surface area contributed by atoms with Crippen LogP contribution in [0.4, 0.5) is 13.2 Å². The van der Waals surface area contributed by atoms with E-state index in [4.69, 9.17) is 0 Å². The molecule has 1 aromatic heterocycles. The second-order valence-electron chi connectivity index (χ2n) is 4.17. The second kappa shape index (κ2) is 8.33. The van der Waals surface area contributed by atoms with Crippen LogP contribution in [0.2, 0.25) is 0 Å². The molecule has 24 heavy (non-hydrogen) atoms. The number of hydrogen-bond donors (Lipinski definition) is 2. The van der Waals surface area contributed by atoms with E-state index in [9.17, 15) is 31.0 Å². The third kappa shape index (κ3) is 5.57. The van der Waals surface area contributed by atoms with E-state index in [1.807, 2.05) is 0 Å².